The quantitative estimate of drug-likeness (QED) is 0.738. The van der Waals surface area contributed by atoms with Crippen molar-refractivity contribution in [2.24, 2.45) is 7.05 Å². The third kappa shape index (κ3) is 3.33. The minimum absolute atomic E-state index is 0.100. The molecule has 0 aliphatic rings. The number of aromatic nitrogens is 2. The van der Waals surface area contributed by atoms with E-state index in [1.807, 2.05) is 36.9 Å². The van der Waals surface area contributed by atoms with Crippen LogP contribution in [-0.4, -0.2) is 27.7 Å². The van der Waals surface area contributed by atoms with E-state index in [2.05, 4.69) is 11.9 Å². The molecule has 6 nitrogen and oxygen atoms in total. The second-order valence-corrected chi connectivity index (χ2v) is 5.79. The van der Waals surface area contributed by atoms with Crippen molar-refractivity contribution in [1.82, 2.24) is 9.13 Å². The van der Waals surface area contributed by atoms with Gasteiger partial charge in [-0.05, 0) is 42.8 Å². The van der Waals surface area contributed by atoms with Gasteiger partial charge in [-0.25, -0.2) is 4.79 Å². The smallest absolute Gasteiger partial charge is 0.411 e. The van der Waals surface area contributed by atoms with Gasteiger partial charge in [0, 0.05) is 30.5 Å². The number of carbonyl (C=O) groups excluding carboxylic acids is 2. The Labute approximate surface area is 145 Å². The van der Waals surface area contributed by atoms with Crippen molar-refractivity contribution in [3.05, 3.63) is 66.6 Å². The maximum Gasteiger partial charge on any atom is 0.411 e. The van der Waals surface area contributed by atoms with E-state index in [1.54, 1.807) is 29.0 Å². The zero-order valence-corrected chi connectivity index (χ0v) is 14.2. The number of ether oxygens (including phenoxy) is 1. The molecule has 3 rings (SSSR count). The zero-order valence-electron chi connectivity index (χ0n) is 14.2. The Hall–Kier alpha value is -3.28. The standard InChI is InChI=1S/C19H19N3O3/c1-4-9-25-19(24)20-15-5-6-16-14(11-15)7-8-22(16)18(23)17-10-13(2)12-21(17)3/h4-8,10-12H,1,9H2,2-3H3,(H,20,24). The lowest BCUT2D eigenvalue weighted by Crippen LogP contribution is -2.14. The first kappa shape index (κ1) is 16.6. The summed E-state index contributed by atoms with van der Waals surface area (Å²) in [7, 11) is 1.85. The summed E-state index contributed by atoms with van der Waals surface area (Å²) in [4.78, 5) is 24.4. The highest BCUT2D eigenvalue weighted by molar-refractivity contribution is 6.02. The van der Waals surface area contributed by atoms with E-state index in [-0.39, 0.29) is 12.5 Å². The van der Waals surface area contributed by atoms with E-state index in [4.69, 9.17) is 4.74 Å². The first-order valence-corrected chi connectivity index (χ1v) is 7.83. The number of nitrogens with one attached hydrogen (secondary N) is 1. The fourth-order valence-corrected chi connectivity index (χ4v) is 2.75. The number of aryl methyl sites for hydroxylation is 2. The van der Waals surface area contributed by atoms with Gasteiger partial charge < -0.3 is 9.30 Å². The van der Waals surface area contributed by atoms with Gasteiger partial charge in [-0.2, -0.15) is 0 Å². The Morgan fingerprint density at radius 2 is 2.08 bits per heavy atom. The molecule has 0 saturated heterocycles. The summed E-state index contributed by atoms with van der Waals surface area (Å²) in [6.07, 6.45) is 4.60. The van der Waals surface area contributed by atoms with Crippen LogP contribution < -0.4 is 5.32 Å². The van der Waals surface area contributed by atoms with Crippen molar-refractivity contribution in [3.8, 4) is 0 Å². The predicted molar refractivity (Wildman–Crippen MR) is 97.0 cm³/mol. The minimum atomic E-state index is -0.547. The number of nitrogens with zero attached hydrogens (tertiary/aromatic N) is 2. The average Bonchev–Trinajstić information content (AvgIpc) is 3.14. The maximum absolute atomic E-state index is 12.8. The second-order valence-electron chi connectivity index (χ2n) is 5.79. The topological polar surface area (TPSA) is 65.3 Å². The summed E-state index contributed by atoms with van der Waals surface area (Å²) in [5, 5.41) is 3.49. The fraction of sp³-hybridized carbons (Fsp3) is 0.158. The van der Waals surface area contributed by atoms with Crippen LogP contribution in [-0.2, 0) is 11.8 Å². The van der Waals surface area contributed by atoms with Crippen LogP contribution in [0, 0.1) is 6.92 Å². The Morgan fingerprint density at radius 1 is 1.28 bits per heavy atom. The van der Waals surface area contributed by atoms with Gasteiger partial charge in [-0.1, -0.05) is 12.7 Å². The van der Waals surface area contributed by atoms with Gasteiger partial charge in [0.05, 0.1) is 5.52 Å². The molecule has 0 bridgehead atoms. The zero-order chi connectivity index (χ0) is 18.0. The van der Waals surface area contributed by atoms with Gasteiger partial charge in [0.15, 0.2) is 0 Å². The Morgan fingerprint density at radius 3 is 2.76 bits per heavy atom. The van der Waals surface area contributed by atoms with Crippen LogP contribution in [0.1, 0.15) is 16.1 Å². The van der Waals surface area contributed by atoms with E-state index in [0.29, 0.717) is 11.4 Å². The summed E-state index contributed by atoms with van der Waals surface area (Å²) in [5.74, 6) is -0.100. The van der Waals surface area contributed by atoms with Crippen LogP contribution in [0.15, 0.2) is 55.4 Å². The molecule has 0 saturated carbocycles. The molecule has 1 N–H and O–H groups in total. The normalized spacial score (nSPS) is 10.6. The van der Waals surface area contributed by atoms with Gasteiger partial charge >= 0.3 is 6.09 Å². The van der Waals surface area contributed by atoms with Crippen LogP contribution in [0.4, 0.5) is 10.5 Å². The molecule has 25 heavy (non-hydrogen) atoms. The molecule has 0 fully saturated rings. The maximum atomic E-state index is 12.8. The van der Waals surface area contributed by atoms with E-state index < -0.39 is 6.09 Å². The molecule has 1 amide bonds. The van der Waals surface area contributed by atoms with Gasteiger partial charge in [-0.15, -0.1) is 0 Å². The number of hydrogen-bond donors (Lipinski definition) is 1. The van der Waals surface area contributed by atoms with Crippen molar-refractivity contribution in [2.45, 2.75) is 6.92 Å². The summed E-state index contributed by atoms with van der Waals surface area (Å²) in [6, 6.07) is 9.02. The largest absolute Gasteiger partial charge is 0.445 e. The predicted octanol–water partition coefficient (Wildman–Crippen LogP) is 3.71. The molecular formula is C19H19N3O3. The Balaban J connectivity index is 1.87. The number of benzene rings is 1. The molecule has 3 aromatic rings. The van der Waals surface area contributed by atoms with Gasteiger partial charge in [0.2, 0.25) is 0 Å². The molecule has 0 aliphatic heterocycles. The van der Waals surface area contributed by atoms with Crippen LogP contribution in [0.25, 0.3) is 10.9 Å². The fourth-order valence-electron chi connectivity index (χ4n) is 2.75. The highest BCUT2D eigenvalue weighted by Crippen LogP contribution is 2.22. The number of amides is 1. The highest BCUT2D eigenvalue weighted by Gasteiger charge is 2.15. The molecule has 0 atom stereocenters. The average molecular weight is 337 g/mol. The lowest BCUT2D eigenvalue weighted by molar-refractivity contribution is 0.0957. The molecule has 2 aromatic heterocycles. The second kappa shape index (κ2) is 6.68. The van der Waals surface area contributed by atoms with E-state index in [9.17, 15) is 9.59 Å². The van der Waals surface area contributed by atoms with Gasteiger partial charge in [-0.3, -0.25) is 14.7 Å². The van der Waals surface area contributed by atoms with E-state index in [1.165, 1.54) is 6.08 Å². The monoisotopic (exact) mass is 337 g/mol. The number of carbonyl (C=O) groups is 2. The minimum Gasteiger partial charge on any atom is -0.445 e. The molecule has 1 aromatic carbocycles. The molecular weight excluding hydrogens is 318 g/mol. The molecule has 0 radical (unpaired) electrons. The van der Waals surface area contributed by atoms with E-state index >= 15 is 0 Å². The lowest BCUT2D eigenvalue weighted by atomic mass is 10.2. The summed E-state index contributed by atoms with van der Waals surface area (Å²) < 4.78 is 8.31. The van der Waals surface area contributed by atoms with Gasteiger partial charge in [0.25, 0.3) is 5.91 Å². The van der Waals surface area contributed by atoms with E-state index in [0.717, 1.165) is 16.5 Å². The molecule has 0 aliphatic carbocycles. The molecule has 6 heteroatoms. The van der Waals surface area contributed by atoms with Crippen LogP contribution in [0.3, 0.4) is 0 Å². The Kier molecular flexibility index (Phi) is 4.43. The molecule has 0 unspecified atom stereocenters. The molecule has 2 heterocycles. The lowest BCUT2D eigenvalue weighted by Gasteiger charge is -2.07. The van der Waals surface area contributed by atoms with Crippen molar-refractivity contribution < 1.29 is 14.3 Å². The first-order chi connectivity index (χ1) is 12.0. The van der Waals surface area contributed by atoms with Crippen molar-refractivity contribution in [1.29, 1.82) is 0 Å². The van der Waals surface area contributed by atoms with Crippen LogP contribution in [0.2, 0.25) is 0 Å². The van der Waals surface area contributed by atoms with Gasteiger partial charge in [0.1, 0.15) is 12.3 Å². The van der Waals surface area contributed by atoms with Crippen LogP contribution in [0.5, 0.6) is 0 Å². The first-order valence-electron chi connectivity index (χ1n) is 7.83. The summed E-state index contributed by atoms with van der Waals surface area (Å²) in [6.45, 7) is 5.59. The number of hydrogen-bond acceptors (Lipinski definition) is 3. The number of rotatable bonds is 4. The molecule has 128 valence electrons. The SMILES string of the molecule is C=CCOC(=O)Nc1ccc2c(ccn2C(=O)c2cc(C)cn2C)c1. The third-order valence-electron chi connectivity index (χ3n) is 3.85. The van der Waals surface area contributed by atoms with Crippen LogP contribution >= 0.6 is 0 Å². The number of anilines is 1. The third-order valence-corrected chi connectivity index (χ3v) is 3.85. The summed E-state index contributed by atoms with van der Waals surface area (Å²) in [5.41, 5.74) is 3.02. The number of fused-ring (bicyclic) bond motifs is 1. The highest BCUT2D eigenvalue weighted by atomic mass is 16.5. The van der Waals surface area contributed by atoms with Crippen molar-refractivity contribution >= 4 is 28.6 Å². The Bertz CT molecular complexity index is 966. The summed E-state index contributed by atoms with van der Waals surface area (Å²) >= 11 is 0. The van der Waals surface area contributed by atoms with Crippen molar-refractivity contribution in [2.75, 3.05) is 11.9 Å². The van der Waals surface area contributed by atoms with Crippen molar-refractivity contribution in [3.63, 3.8) is 0 Å². The molecule has 0 spiro atoms.